The van der Waals surface area contributed by atoms with E-state index in [2.05, 4.69) is 36.3 Å². The van der Waals surface area contributed by atoms with Crippen molar-refractivity contribution in [2.75, 3.05) is 10.6 Å². The Morgan fingerprint density at radius 2 is 1.11 bits per heavy atom. The lowest BCUT2D eigenvalue weighted by Gasteiger charge is -2.08. The van der Waals surface area contributed by atoms with Gasteiger partial charge in [0, 0.05) is 17.8 Å². The summed E-state index contributed by atoms with van der Waals surface area (Å²) < 4.78 is 0. The first-order valence-electron chi connectivity index (χ1n) is 13.5. The van der Waals surface area contributed by atoms with E-state index in [9.17, 15) is 9.59 Å². The van der Waals surface area contributed by atoms with Gasteiger partial charge in [-0.2, -0.15) is 0 Å². The highest BCUT2D eigenvalue weighted by Crippen LogP contribution is 2.16. The second kappa shape index (κ2) is 17.5. The molecule has 0 spiro atoms. The van der Waals surface area contributed by atoms with Gasteiger partial charge in [0.1, 0.15) is 0 Å². The summed E-state index contributed by atoms with van der Waals surface area (Å²) in [6.07, 6.45) is 18.0. The number of aryl methyl sites for hydroxylation is 2. The van der Waals surface area contributed by atoms with Crippen molar-refractivity contribution in [3.63, 3.8) is 0 Å². The number of rotatable bonds is 18. The zero-order valence-corrected chi connectivity index (χ0v) is 21.6. The minimum atomic E-state index is -0.221. The zero-order chi connectivity index (χ0) is 25.1. The van der Waals surface area contributed by atoms with E-state index < -0.39 is 0 Å². The van der Waals surface area contributed by atoms with E-state index in [0.717, 1.165) is 36.2 Å². The van der Waals surface area contributed by atoms with Crippen LogP contribution in [-0.2, 0) is 22.4 Å². The highest BCUT2D eigenvalue weighted by molar-refractivity contribution is 5.98. The maximum atomic E-state index is 12.3. The van der Waals surface area contributed by atoms with Crippen LogP contribution in [0.3, 0.4) is 0 Å². The Bertz CT molecular complexity index is 872. The van der Waals surface area contributed by atoms with E-state index in [1.807, 2.05) is 36.4 Å². The lowest BCUT2D eigenvalue weighted by molar-refractivity contribution is -0.116. The van der Waals surface area contributed by atoms with Gasteiger partial charge in [0.15, 0.2) is 0 Å². The first-order chi connectivity index (χ1) is 17.1. The van der Waals surface area contributed by atoms with E-state index >= 15 is 0 Å². The third-order valence-corrected chi connectivity index (χ3v) is 6.33. The monoisotopic (exact) mass is 476 g/mol. The number of amides is 2. The van der Waals surface area contributed by atoms with Crippen LogP contribution in [0.4, 0.5) is 11.4 Å². The molecule has 0 heterocycles. The molecule has 2 aromatic rings. The molecule has 4 heteroatoms. The quantitative estimate of drug-likeness (QED) is 0.168. The van der Waals surface area contributed by atoms with E-state index in [-0.39, 0.29) is 11.8 Å². The second-order valence-corrected chi connectivity index (χ2v) is 9.42. The minimum Gasteiger partial charge on any atom is -0.326 e. The number of hydrogen-bond donors (Lipinski definition) is 2. The van der Waals surface area contributed by atoms with Gasteiger partial charge in [-0.15, -0.1) is 0 Å². The summed E-state index contributed by atoms with van der Waals surface area (Å²) in [4.78, 5) is 23.6. The molecule has 0 aliphatic rings. The SMILES string of the molecule is C=CC(=O)Nc1ccc(CCCC(=O)Nc2ccc(CCCCCCCCCCCC)cc2)cc1. The van der Waals surface area contributed by atoms with Crippen molar-refractivity contribution >= 4 is 23.2 Å². The van der Waals surface area contributed by atoms with E-state index in [4.69, 9.17) is 0 Å². The van der Waals surface area contributed by atoms with Crippen LogP contribution in [0.1, 0.15) is 95.1 Å². The van der Waals surface area contributed by atoms with Crippen LogP contribution in [0.15, 0.2) is 61.2 Å². The number of nitrogens with one attached hydrogen (secondary N) is 2. The summed E-state index contributed by atoms with van der Waals surface area (Å²) in [5.41, 5.74) is 4.10. The number of anilines is 2. The standard InChI is InChI=1S/C31H44N2O2/c1-3-5-6-7-8-9-10-11-12-13-15-26-18-24-29(25-19-26)33-31(35)17-14-16-27-20-22-28(23-21-27)32-30(34)4-2/h4,18-25H,2-3,5-17H2,1H3,(H,32,34)(H,33,35). The summed E-state index contributed by atoms with van der Waals surface area (Å²) in [7, 11) is 0. The van der Waals surface area contributed by atoms with Crippen molar-refractivity contribution in [2.24, 2.45) is 0 Å². The minimum absolute atomic E-state index is 0.0438. The van der Waals surface area contributed by atoms with E-state index in [1.165, 1.54) is 75.8 Å². The Kier molecular flexibility index (Phi) is 14.2. The normalized spacial score (nSPS) is 10.7. The van der Waals surface area contributed by atoms with Gasteiger partial charge in [-0.3, -0.25) is 9.59 Å². The molecule has 0 bridgehead atoms. The van der Waals surface area contributed by atoms with Gasteiger partial charge in [0.25, 0.3) is 0 Å². The van der Waals surface area contributed by atoms with Crippen LogP contribution in [0.2, 0.25) is 0 Å². The Balaban J connectivity index is 1.55. The highest BCUT2D eigenvalue weighted by atomic mass is 16.2. The number of benzene rings is 2. The van der Waals surface area contributed by atoms with Crippen LogP contribution in [-0.4, -0.2) is 11.8 Å². The van der Waals surface area contributed by atoms with Crippen molar-refractivity contribution < 1.29 is 9.59 Å². The second-order valence-electron chi connectivity index (χ2n) is 9.42. The topological polar surface area (TPSA) is 58.2 Å². The molecule has 4 nitrogen and oxygen atoms in total. The largest absolute Gasteiger partial charge is 0.326 e. The van der Waals surface area contributed by atoms with Gasteiger partial charge in [0.2, 0.25) is 11.8 Å². The average molecular weight is 477 g/mol. The number of unbranched alkanes of at least 4 members (excludes halogenated alkanes) is 9. The first kappa shape index (κ1) is 28.4. The number of carbonyl (C=O) groups is 2. The van der Waals surface area contributed by atoms with E-state index in [1.54, 1.807) is 0 Å². The maximum Gasteiger partial charge on any atom is 0.247 e. The summed E-state index contributed by atoms with van der Waals surface area (Å²) in [6.45, 7) is 5.72. The predicted octanol–water partition coefficient (Wildman–Crippen LogP) is 8.24. The fraction of sp³-hybridized carbons (Fsp3) is 0.484. The zero-order valence-electron chi connectivity index (χ0n) is 21.6. The smallest absolute Gasteiger partial charge is 0.247 e. The molecule has 0 aromatic heterocycles. The maximum absolute atomic E-state index is 12.3. The van der Waals surface area contributed by atoms with Crippen LogP contribution in [0, 0.1) is 0 Å². The molecule has 2 rings (SSSR count). The third kappa shape index (κ3) is 13.0. The molecule has 0 aliphatic heterocycles. The summed E-state index contributed by atoms with van der Waals surface area (Å²) in [6, 6.07) is 16.0. The van der Waals surface area contributed by atoms with Gasteiger partial charge < -0.3 is 10.6 Å². The molecule has 0 unspecified atom stereocenters. The number of hydrogen-bond acceptors (Lipinski definition) is 2. The lowest BCUT2D eigenvalue weighted by Crippen LogP contribution is -2.11. The molecule has 0 atom stereocenters. The average Bonchev–Trinajstić information content (AvgIpc) is 2.87. The van der Waals surface area contributed by atoms with Gasteiger partial charge in [0.05, 0.1) is 0 Å². The Hall–Kier alpha value is -2.88. The molecule has 0 saturated heterocycles. The molecule has 2 N–H and O–H groups in total. The van der Waals surface area contributed by atoms with Gasteiger partial charge in [-0.1, -0.05) is 95.6 Å². The van der Waals surface area contributed by atoms with Crippen LogP contribution < -0.4 is 10.6 Å². The molecular formula is C31H44N2O2. The van der Waals surface area contributed by atoms with Crippen molar-refractivity contribution in [1.82, 2.24) is 0 Å². The van der Waals surface area contributed by atoms with Crippen LogP contribution in [0.5, 0.6) is 0 Å². The molecule has 190 valence electrons. The first-order valence-corrected chi connectivity index (χ1v) is 13.5. The van der Waals surface area contributed by atoms with Gasteiger partial charge in [-0.05, 0) is 67.2 Å². The van der Waals surface area contributed by atoms with Crippen LogP contribution >= 0.6 is 0 Å². The summed E-state index contributed by atoms with van der Waals surface area (Å²) in [5, 5.41) is 5.74. The molecule has 0 aliphatic carbocycles. The molecule has 0 saturated carbocycles. The molecule has 2 amide bonds. The summed E-state index contributed by atoms with van der Waals surface area (Å²) in [5.74, 6) is -0.177. The number of carbonyl (C=O) groups excluding carboxylic acids is 2. The van der Waals surface area contributed by atoms with Gasteiger partial charge >= 0.3 is 0 Å². The van der Waals surface area contributed by atoms with Gasteiger partial charge in [-0.25, -0.2) is 0 Å². The lowest BCUT2D eigenvalue weighted by atomic mass is 10.0. The van der Waals surface area contributed by atoms with Crippen molar-refractivity contribution in [1.29, 1.82) is 0 Å². The van der Waals surface area contributed by atoms with Crippen molar-refractivity contribution in [2.45, 2.75) is 96.8 Å². The molecule has 0 fully saturated rings. The fourth-order valence-electron chi connectivity index (χ4n) is 4.20. The van der Waals surface area contributed by atoms with E-state index in [0.29, 0.717) is 6.42 Å². The Labute approximate surface area is 212 Å². The molecular weight excluding hydrogens is 432 g/mol. The summed E-state index contributed by atoms with van der Waals surface area (Å²) >= 11 is 0. The van der Waals surface area contributed by atoms with Crippen LogP contribution in [0.25, 0.3) is 0 Å². The highest BCUT2D eigenvalue weighted by Gasteiger charge is 2.04. The molecule has 0 radical (unpaired) electrons. The van der Waals surface area contributed by atoms with Crippen molar-refractivity contribution in [3.8, 4) is 0 Å². The molecule has 35 heavy (non-hydrogen) atoms. The van der Waals surface area contributed by atoms with Crippen molar-refractivity contribution in [3.05, 3.63) is 72.3 Å². The predicted molar refractivity (Wildman–Crippen MR) is 149 cm³/mol. The molecule has 2 aromatic carbocycles. The Morgan fingerprint density at radius 1 is 0.657 bits per heavy atom. The Morgan fingerprint density at radius 3 is 1.63 bits per heavy atom. The fourth-order valence-corrected chi connectivity index (χ4v) is 4.20. The third-order valence-electron chi connectivity index (χ3n) is 6.33.